The molecule has 1 saturated heterocycles. The Kier molecular flexibility index (Phi) is 7.25. The number of rotatable bonds is 8. The van der Waals surface area contributed by atoms with Gasteiger partial charge in [-0.05, 0) is 48.2 Å². The molecule has 29 heavy (non-hydrogen) atoms. The van der Waals surface area contributed by atoms with Crippen LogP contribution in [0.4, 0.5) is 5.69 Å². The van der Waals surface area contributed by atoms with E-state index in [0.717, 1.165) is 23.4 Å². The van der Waals surface area contributed by atoms with E-state index in [1.165, 1.54) is 5.56 Å². The molecule has 2 aromatic rings. The number of nitrogens with one attached hydrogen (secondary N) is 1. The molecule has 154 valence electrons. The maximum atomic E-state index is 12.2. The van der Waals surface area contributed by atoms with E-state index in [1.54, 1.807) is 12.0 Å². The van der Waals surface area contributed by atoms with Crippen molar-refractivity contribution in [1.82, 2.24) is 5.32 Å². The molecule has 0 spiro atoms. The minimum Gasteiger partial charge on any atom is -0.497 e. The zero-order valence-electron chi connectivity index (χ0n) is 17.0. The van der Waals surface area contributed by atoms with Gasteiger partial charge in [0.05, 0.1) is 19.8 Å². The van der Waals surface area contributed by atoms with Crippen LogP contribution in [0.15, 0.2) is 48.5 Å². The SMILES string of the molecule is CCc1ccc(N2CC(CNC(=O)CCc3cccc(OC)c3)OCC2=O)cc1. The van der Waals surface area contributed by atoms with E-state index in [2.05, 4.69) is 12.2 Å². The highest BCUT2D eigenvalue weighted by molar-refractivity contribution is 5.95. The molecule has 0 bridgehead atoms. The average Bonchev–Trinajstić information content (AvgIpc) is 2.77. The normalized spacial score (nSPS) is 16.6. The quantitative estimate of drug-likeness (QED) is 0.745. The van der Waals surface area contributed by atoms with Gasteiger partial charge in [0.25, 0.3) is 5.91 Å². The number of aryl methyl sites for hydroxylation is 2. The van der Waals surface area contributed by atoms with Gasteiger partial charge in [0.1, 0.15) is 12.4 Å². The van der Waals surface area contributed by atoms with Crippen molar-refractivity contribution < 1.29 is 19.1 Å². The topological polar surface area (TPSA) is 67.9 Å². The van der Waals surface area contributed by atoms with Gasteiger partial charge in [-0.25, -0.2) is 0 Å². The molecule has 0 radical (unpaired) electrons. The van der Waals surface area contributed by atoms with Gasteiger partial charge >= 0.3 is 0 Å². The molecule has 6 heteroatoms. The minimum atomic E-state index is -0.223. The Bertz CT molecular complexity index is 835. The number of hydrogen-bond acceptors (Lipinski definition) is 4. The van der Waals surface area contributed by atoms with Crippen LogP contribution in [0.25, 0.3) is 0 Å². The van der Waals surface area contributed by atoms with Gasteiger partial charge in [0.15, 0.2) is 0 Å². The van der Waals surface area contributed by atoms with Crippen molar-refractivity contribution >= 4 is 17.5 Å². The molecule has 6 nitrogen and oxygen atoms in total. The maximum absolute atomic E-state index is 12.2. The number of nitrogens with zero attached hydrogens (tertiary/aromatic N) is 1. The molecule has 0 saturated carbocycles. The molecule has 1 aliphatic heterocycles. The first kappa shape index (κ1) is 20.9. The summed E-state index contributed by atoms with van der Waals surface area (Å²) in [4.78, 5) is 26.2. The molecule has 0 aliphatic carbocycles. The molecule has 3 rings (SSSR count). The third kappa shape index (κ3) is 5.81. The fourth-order valence-corrected chi connectivity index (χ4v) is 3.31. The fraction of sp³-hybridized carbons (Fsp3) is 0.391. The lowest BCUT2D eigenvalue weighted by molar-refractivity contribution is -0.129. The zero-order valence-corrected chi connectivity index (χ0v) is 17.0. The Labute approximate surface area is 171 Å². The Morgan fingerprint density at radius 2 is 2.00 bits per heavy atom. The first-order valence-corrected chi connectivity index (χ1v) is 9.99. The van der Waals surface area contributed by atoms with Crippen molar-refractivity contribution in [2.24, 2.45) is 0 Å². The summed E-state index contributed by atoms with van der Waals surface area (Å²) in [6.45, 7) is 2.94. The molecule has 1 unspecified atom stereocenters. The Morgan fingerprint density at radius 3 is 2.72 bits per heavy atom. The van der Waals surface area contributed by atoms with Gasteiger partial charge in [-0.15, -0.1) is 0 Å². The highest BCUT2D eigenvalue weighted by Crippen LogP contribution is 2.19. The monoisotopic (exact) mass is 396 g/mol. The van der Waals surface area contributed by atoms with E-state index >= 15 is 0 Å². The number of carbonyl (C=O) groups is 2. The average molecular weight is 396 g/mol. The number of methoxy groups -OCH3 is 1. The van der Waals surface area contributed by atoms with Crippen molar-refractivity contribution in [2.45, 2.75) is 32.3 Å². The van der Waals surface area contributed by atoms with Gasteiger partial charge in [-0.3, -0.25) is 9.59 Å². The van der Waals surface area contributed by atoms with Gasteiger partial charge in [0.2, 0.25) is 5.91 Å². The fourth-order valence-electron chi connectivity index (χ4n) is 3.31. The highest BCUT2D eigenvalue weighted by atomic mass is 16.5. The van der Waals surface area contributed by atoms with Crippen molar-refractivity contribution in [3.8, 4) is 5.75 Å². The molecular weight excluding hydrogens is 368 g/mol. The molecule has 2 aromatic carbocycles. The Hall–Kier alpha value is -2.86. The molecule has 0 aromatic heterocycles. The molecular formula is C23H28N2O4. The molecule has 1 heterocycles. The number of carbonyl (C=O) groups excluding carboxylic acids is 2. The van der Waals surface area contributed by atoms with Crippen LogP contribution in [0.1, 0.15) is 24.5 Å². The summed E-state index contributed by atoms with van der Waals surface area (Å²) >= 11 is 0. The van der Waals surface area contributed by atoms with Crippen LogP contribution in [0.5, 0.6) is 5.75 Å². The number of anilines is 1. The van der Waals surface area contributed by atoms with Crippen LogP contribution < -0.4 is 15.0 Å². The zero-order chi connectivity index (χ0) is 20.6. The molecule has 1 N–H and O–H groups in total. The Balaban J connectivity index is 1.48. The molecule has 1 aliphatic rings. The van der Waals surface area contributed by atoms with Gasteiger partial charge in [0, 0.05) is 18.7 Å². The van der Waals surface area contributed by atoms with Crippen molar-refractivity contribution in [3.63, 3.8) is 0 Å². The van der Waals surface area contributed by atoms with Gasteiger partial charge in [-0.2, -0.15) is 0 Å². The number of morpholine rings is 1. The molecule has 1 fully saturated rings. The summed E-state index contributed by atoms with van der Waals surface area (Å²) in [7, 11) is 1.63. The maximum Gasteiger partial charge on any atom is 0.253 e. The summed E-state index contributed by atoms with van der Waals surface area (Å²) in [5.74, 6) is 0.692. The smallest absolute Gasteiger partial charge is 0.253 e. The summed E-state index contributed by atoms with van der Waals surface area (Å²) in [5.41, 5.74) is 3.15. The second-order valence-electron chi connectivity index (χ2n) is 7.11. The van der Waals surface area contributed by atoms with E-state index in [4.69, 9.17) is 9.47 Å². The predicted octanol–water partition coefficient (Wildman–Crippen LogP) is 2.74. The van der Waals surface area contributed by atoms with E-state index in [1.807, 2.05) is 48.5 Å². The van der Waals surface area contributed by atoms with Crippen molar-refractivity contribution in [1.29, 1.82) is 0 Å². The van der Waals surface area contributed by atoms with Gasteiger partial charge in [-0.1, -0.05) is 31.2 Å². The summed E-state index contributed by atoms with van der Waals surface area (Å²) in [6.07, 6.45) is 1.77. The van der Waals surface area contributed by atoms with E-state index in [0.29, 0.717) is 25.9 Å². The largest absolute Gasteiger partial charge is 0.497 e. The van der Waals surface area contributed by atoms with Crippen LogP contribution >= 0.6 is 0 Å². The Morgan fingerprint density at radius 1 is 1.21 bits per heavy atom. The van der Waals surface area contributed by atoms with Crippen LogP contribution in [0.2, 0.25) is 0 Å². The summed E-state index contributed by atoms with van der Waals surface area (Å²) in [6, 6.07) is 15.7. The first-order valence-electron chi connectivity index (χ1n) is 9.99. The minimum absolute atomic E-state index is 0.0277. The predicted molar refractivity (Wildman–Crippen MR) is 112 cm³/mol. The number of hydrogen-bond donors (Lipinski definition) is 1. The van der Waals surface area contributed by atoms with Gasteiger partial charge < -0.3 is 19.7 Å². The lowest BCUT2D eigenvalue weighted by Crippen LogP contribution is -2.50. The van der Waals surface area contributed by atoms with Crippen molar-refractivity contribution in [2.75, 3.05) is 31.7 Å². The summed E-state index contributed by atoms with van der Waals surface area (Å²) < 4.78 is 10.8. The van der Waals surface area contributed by atoms with Crippen LogP contribution in [-0.2, 0) is 27.2 Å². The highest BCUT2D eigenvalue weighted by Gasteiger charge is 2.27. The van der Waals surface area contributed by atoms with E-state index < -0.39 is 0 Å². The van der Waals surface area contributed by atoms with Crippen LogP contribution in [-0.4, -0.2) is 44.7 Å². The van der Waals surface area contributed by atoms with Crippen LogP contribution in [0.3, 0.4) is 0 Å². The lowest BCUT2D eigenvalue weighted by Gasteiger charge is -2.33. The van der Waals surface area contributed by atoms with Crippen molar-refractivity contribution in [3.05, 3.63) is 59.7 Å². The number of ether oxygens (including phenoxy) is 2. The third-order valence-corrected chi connectivity index (χ3v) is 5.09. The molecule has 2 amide bonds. The van der Waals surface area contributed by atoms with E-state index in [9.17, 15) is 9.59 Å². The number of benzene rings is 2. The lowest BCUT2D eigenvalue weighted by atomic mass is 10.1. The van der Waals surface area contributed by atoms with E-state index in [-0.39, 0.29) is 24.5 Å². The van der Waals surface area contributed by atoms with Crippen LogP contribution in [0, 0.1) is 0 Å². The second kappa shape index (κ2) is 10.1. The third-order valence-electron chi connectivity index (χ3n) is 5.09. The number of amides is 2. The standard InChI is InChI=1S/C23H28N2O4/c1-3-17-7-10-19(11-8-17)25-15-21(29-16-23(25)27)14-24-22(26)12-9-18-5-4-6-20(13-18)28-2/h4-8,10-11,13,21H,3,9,12,14-16H2,1-2H3,(H,24,26). The summed E-state index contributed by atoms with van der Waals surface area (Å²) in [5, 5.41) is 2.92. The second-order valence-corrected chi connectivity index (χ2v) is 7.11. The molecule has 1 atom stereocenters. The first-order chi connectivity index (χ1) is 14.1.